The lowest BCUT2D eigenvalue weighted by Gasteiger charge is -2.18. The van der Waals surface area contributed by atoms with Crippen molar-refractivity contribution in [3.05, 3.63) is 16.1 Å². The van der Waals surface area contributed by atoms with Gasteiger partial charge in [-0.1, -0.05) is 0 Å². The smallest absolute Gasteiger partial charge is 0.191 e. The Labute approximate surface area is 94.8 Å². The maximum atomic E-state index is 5.85. The average Bonchev–Trinajstić information content (AvgIpc) is 2.63. The summed E-state index contributed by atoms with van der Waals surface area (Å²) in [6, 6.07) is 0. The number of aryl methyl sites for hydroxylation is 1. The molecule has 0 radical (unpaired) electrons. The second kappa shape index (κ2) is 5.70. The molecule has 0 aliphatic rings. The van der Waals surface area contributed by atoms with Crippen LogP contribution in [0, 0.1) is 6.92 Å². The lowest BCUT2D eigenvalue weighted by Crippen LogP contribution is -2.37. The third-order valence-corrected chi connectivity index (χ3v) is 3.08. The van der Waals surface area contributed by atoms with E-state index in [1.807, 2.05) is 17.2 Å². The standard InChI is InChI=1S/C10H18N4S/c1-4-14(5-2)10(11)12-6-9-13-8(3)7-15-9/h7H,4-6H2,1-3H3,(H2,11,12). The molecule has 4 nitrogen and oxygen atoms in total. The second-order valence-corrected chi connectivity index (χ2v) is 4.17. The summed E-state index contributed by atoms with van der Waals surface area (Å²) in [6.07, 6.45) is 0. The predicted molar refractivity (Wildman–Crippen MR) is 65.1 cm³/mol. The highest BCUT2D eigenvalue weighted by atomic mass is 32.1. The van der Waals surface area contributed by atoms with Gasteiger partial charge < -0.3 is 10.6 Å². The number of hydrogen-bond donors (Lipinski definition) is 1. The van der Waals surface area contributed by atoms with Crippen LogP contribution >= 0.6 is 11.3 Å². The second-order valence-electron chi connectivity index (χ2n) is 3.23. The molecular formula is C10H18N4S. The molecule has 1 heterocycles. The number of nitrogens with two attached hydrogens (primary N) is 1. The van der Waals surface area contributed by atoms with Crippen LogP contribution in [0.2, 0.25) is 0 Å². The number of nitrogens with zero attached hydrogens (tertiary/aromatic N) is 3. The number of hydrogen-bond acceptors (Lipinski definition) is 3. The van der Waals surface area contributed by atoms with Crippen LogP contribution in [0.1, 0.15) is 24.5 Å². The van der Waals surface area contributed by atoms with Gasteiger partial charge in [0.25, 0.3) is 0 Å². The Morgan fingerprint density at radius 3 is 2.67 bits per heavy atom. The summed E-state index contributed by atoms with van der Waals surface area (Å²) in [7, 11) is 0. The molecule has 1 aromatic heterocycles. The summed E-state index contributed by atoms with van der Waals surface area (Å²) < 4.78 is 0. The van der Waals surface area contributed by atoms with E-state index in [1.165, 1.54) is 0 Å². The molecule has 0 aromatic carbocycles. The summed E-state index contributed by atoms with van der Waals surface area (Å²) in [5.74, 6) is 0.604. The minimum absolute atomic E-state index is 0.584. The highest BCUT2D eigenvalue weighted by Gasteiger charge is 2.02. The topological polar surface area (TPSA) is 54.5 Å². The first-order valence-corrected chi connectivity index (χ1v) is 6.01. The molecule has 1 aromatic rings. The van der Waals surface area contributed by atoms with Gasteiger partial charge in [0.15, 0.2) is 5.96 Å². The summed E-state index contributed by atoms with van der Waals surface area (Å²) in [5, 5.41) is 3.04. The van der Waals surface area contributed by atoms with E-state index in [0.29, 0.717) is 12.5 Å². The summed E-state index contributed by atoms with van der Waals surface area (Å²) in [5.41, 5.74) is 6.89. The third kappa shape index (κ3) is 3.51. The molecule has 0 saturated carbocycles. The van der Waals surface area contributed by atoms with E-state index < -0.39 is 0 Å². The van der Waals surface area contributed by atoms with Gasteiger partial charge in [0.2, 0.25) is 0 Å². The van der Waals surface area contributed by atoms with Gasteiger partial charge in [0.1, 0.15) is 5.01 Å². The Bertz CT molecular complexity index is 328. The van der Waals surface area contributed by atoms with Crippen molar-refractivity contribution in [1.82, 2.24) is 9.88 Å². The van der Waals surface area contributed by atoms with Gasteiger partial charge in [0, 0.05) is 24.2 Å². The van der Waals surface area contributed by atoms with Crippen molar-refractivity contribution in [2.45, 2.75) is 27.3 Å². The summed E-state index contributed by atoms with van der Waals surface area (Å²) in [4.78, 5) is 10.7. The van der Waals surface area contributed by atoms with Crippen LogP contribution in [0.15, 0.2) is 10.4 Å². The molecule has 0 unspecified atom stereocenters. The van der Waals surface area contributed by atoms with Crippen LogP contribution in [0.5, 0.6) is 0 Å². The number of guanidine groups is 1. The monoisotopic (exact) mass is 226 g/mol. The van der Waals surface area contributed by atoms with Crippen molar-refractivity contribution in [1.29, 1.82) is 0 Å². The fourth-order valence-electron chi connectivity index (χ4n) is 1.27. The SMILES string of the molecule is CCN(CC)C(N)=NCc1nc(C)cs1. The van der Waals surface area contributed by atoms with Crippen molar-refractivity contribution < 1.29 is 0 Å². The van der Waals surface area contributed by atoms with Crippen LogP contribution in [-0.2, 0) is 6.54 Å². The van der Waals surface area contributed by atoms with Gasteiger partial charge >= 0.3 is 0 Å². The molecule has 2 N–H and O–H groups in total. The quantitative estimate of drug-likeness (QED) is 0.627. The molecule has 15 heavy (non-hydrogen) atoms. The van der Waals surface area contributed by atoms with E-state index in [0.717, 1.165) is 23.8 Å². The Morgan fingerprint density at radius 2 is 2.20 bits per heavy atom. The Kier molecular flexibility index (Phi) is 4.55. The van der Waals surface area contributed by atoms with Crippen molar-refractivity contribution in [3.8, 4) is 0 Å². The number of aliphatic imine (C=N–C) groups is 1. The van der Waals surface area contributed by atoms with Gasteiger partial charge in [0.05, 0.1) is 6.54 Å². The zero-order valence-corrected chi connectivity index (χ0v) is 10.3. The number of thiazole rings is 1. The van der Waals surface area contributed by atoms with Crippen molar-refractivity contribution >= 4 is 17.3 Å². The molecule has 0 fully saturated rings. The van der Waals surface area contributed by atoms with Gasteiger partial charge in [-0.3, -0.25) is 0 Å². The Hall–Kier alpha value is -1.10. The highest BCUT2D eigenvalue weighted by molar-refractivity contribution is 7.09. The summed E-state index contributed by atoms with van der Waals surface area (Å²) in [6.45, 7) is 8.49. The number of aromatic nitrogens is 1. The molecular weight excluding hydrogens is 208 g/mol. The molecule has 1 rings (SSSR count). The zero-order valence-electron chi connectivity index (χ0n) is 9.53. The number of rotatable bonds is 4. The maximum absolute atomic E-state index is 5.85. The van der Waals surface area contributed by atoms with Gasteiger partial charge in [-0.05, 0) is 20.8 Å². The first-order valence-electron chi connectivity index (χ1n) is 5.13. The van der Waals surface area contributed by atoms with E-state index in [-0.39, 0.29) is 0 Å². The maximum Gasteiger partial charge on any atom is 0.191 e. The fourth-order valence-corrected chi connectivity index (χ4v) is 1.97. The van der Waals surface area contributed by atoms with Crippen LogP contribution in [0.3, 0.4) is 0 Å². The van der Waals surface area contributed by atoms with E-state index in [1.54, 1.807) is 11.3 Å². The van der Waals surface area contributed by atoms with Gasteiger partial charge in [-0.15, -0.1) is 11.3 Å². The van der Waals surface area contributed by atoms with E-state index in [2.05, 4.69) is 23.8 Å². The van der Waals surface area contributed by atoms with Gasteiger partial charge in [-0.25, -0.2) is 9.98 Å². The minimum atomic E-state index is 0.584. The van der Waals surface area contributed by atoms with Crippen molar-refractivity contribution in [2.24, 2.45) is 10.7 Å². The molecule has 0 bridgehead atoms. The Balaban J connectivity index is 2.56. The molecule has 0 aliphatic carbocycles. The van der Waals surface area contributed by atoms with E-state index in [4.69, 9.17) is 5.73 Å². The van der Waals surface area contributed by atoms with Crippen LogP contribution in [0.4, 0.5) is 0 Å². The van der Waals surface area contributed by atoms with E-state index >= 15 is 0 Å². The van der Waals surface area contributed by atoms with Crippen LogP contribution < -0.4 is 5.73 Å². The first kappa shape index (κ1) is 12.0. The first-order chi connectivity index (χ1) is 7.17. The zero-order chi connectivity index (χ0) is 11.3. The lowest BCUT2D eigenvalue weighted by molar-refractivity contribution is 0.458. The molecule has 0 amide bonds. The van der Waals surface area contributed by atoms with Crippen LogP contribution in [0.25, 0.3) is 0 Å². The molecule has 0 aliphatic heterocycles. The summed E-state index contributed by atoms with van der Waals surface area (Å²) >= 11 is 1.63. The normalized spacial score (nSPS) is 11.8. The van der Waals surface area contributed by atoms with E-state index in [9.17, 15) is 0 Å². The largest absolute Gasteiger partial charge is 0.370 e. The Morgan fingerprint density at radius 1 is 1.53 bits per heavy atom. The minimum Gasteiger partial charge on any atom is -0.370 e. The van der Waals surface area contributed by atoms with Gasteiger partial charge in [-0.2, -0.15) is 0 Å². The molecule has 0 spiro atoms. The lowest BCUT2D eigenvalue weighted by atomic mass is 10.5. The highest BCUT2D eigenvalue weighted by Crippen LogP contribution is 2.09. The van der Waals surface area contributed by atoms with Crippen molar-refractivity contribution in [2.75, 3.05) is 13.1 Å². The molecule has 0 saturated heterocycles. The van der Waals surface area contributed by atoms with Crippen molar-refractivity contribution in [3.63, 3.8) is 0 Å². The molecule has 0 atom stereocenters. The van der Waals surface area contributed by atoms with Crippen LogP contribution in [-0.4, -0.2) is 28.9 Å². The molecule has 84 valence electrons. The molecule has 5 heteroatoms. The average molecular weight is 226 g/mol. The fraction of sp³-hybridized carbons (Fsp3) is 0.600. The predicted octanol–water partition coefficient (Wildman–Crippen LogP) is 1.61. The third-order valence-electron chi connectivity index (χ3n) is 2.13.